The highest BCUT2D eigenvalue weighted by atomic mass is 19.4. The van der Waals surface area contributed by atoms with Gasteiger partial charge in [0.15, 0.2) is 0 Å². The van der Waals surface area contributed by atoms with Crippen molar-refractivity contribution < 1.29 is 17.9 Å². The van der Waals surface area contributed by atoms with Gasteiger partial charge in [-0.15, -0.1) is 0 Å². The number of nitrogens with zero attached hydrogens (tertiary/aromatic N) is 4. The van der Waals surface area contributed by atoms with Crippen LogP contribution in [0.2, 0.25) is 0 Å². The Hall–Kier alpha value is -2.61. The first kappa shape index (κ1) is 22.2. The highest BCUT2D eigenvalue weighted by Crippen LogP contribution is 2.90. The van der Waals surface area contributed by atoms with Gasteiger partial charge in [0, 0.05) is 30.1 Å². The lowest BCUT2D eigenvalue weighted by atomic mass is 10.0. The Morgan fingerprint density at radius 1 is 0.970 bits per heavy atom. The number of hydrogen-bond donors (Lipinski definition) is 0. The van der Waals surface area contributed by atoms with Gasteiger partial charge >= 0.3 is 6.18 Å². The Balaban J connectivity index is 0.000000152. The molecule has 0 amide bonds. The first-order chi connectivity index (χ1) is 15.7. The van der Waals surface area contributed by atoms with Crippen molar-refractivity contribution in [1.82, 2.24) is 19.9 Å². The largest absolute Gasteiger partial charge is 0.395 e. The van der Waals surface area contributed by atoms with Gasteiger partial charge in [-0.25, -0.2) is 9.97 Å². The quantitative estimate of drug-likeness (QED) is 0.483. The van der Waals surface area contributed by atoms with E-state index in [0.29, 0.717) is 22.8 Å². The van der Waals surface area contributed by atoms with Crippen LogP contribution in [0.15, 0.2) is 30.6 Å². The second kappa shape index (κ2) is 7.72. The first-order valence-electron chi connectivity index (χ1n) is 11.4. The van der Waals surface area contributed by atoms with E-state index in [0.717, 1.165) is 30.1 Å². The third kappa shape index (κ3) is 3.68. The lowest BCUT2D eigenvalue weighted by Crippen LogP contribution is -2.16. The topological polar surface area (TPSA) is 60.8 Å². The minimum atomic E-state index is -4.15. The molecule has 0 radical (unpaired) electrons. The molecule has 8 heteroatoms. The van der Waals surface area contributed by atoms with E-state index in [9.17, 15) is 13.2 Å². The van der Waals surface area contributed by atoms with Crippen molar-refractivity contribution in [2.45, 2.75) is 70.6 Å². The van der Waals surface area contributed by atoms with Crippen molar-refractivity contribution in [1.29, 1.82) is 0 Å². The molecule has 174 valence electrons. The molecule has 1 atom stereocenters. The fraction of sp³-hybridized carbons (Fsp3) is 0.520. The average molecular weight is 457 g/mol. The predicted molar refractivity (Wildman–Crippen MR) is 118 cm³/mol. The molecule has 0 aromatic carbocycles. The van der Waals surface area contributed by atoms with Crippen LogP contribution in [0, 0.1) is 26.2 Å². The fourth-order valence-corrected chi connectivity index (χ4v) is 5.03. The molecule has 4 heterocycles. The summed E-state index contributed by atoms with van der Waals surface area (Å²) in [6.07, 6.45) is 3.50. The summed E-state index contributed by atoms with van der Waals surface area (Å²) in [4.78, 5) is 17.2. The number of rotatable bonds is 2. The number of aryl methyl sites for hydroxylation is 3. The summed E-state index contributed by atoms with van der Waals surface area (Å²) in [5.41, 5.74) is 3.15. The van der Waals surface area contributed by atoms with Crippen LogP contribution >= 0.6 is 0 Å². The maximum atomic E-state index is 13.1. The van der Waals surface area contributed by atoms with E-state index in [-0.39, 0.29) is 12.8 Å². The Morgan fingerprint density at radius 3 is 2.33 bits per heavy atom. The highest BCUT2D eigenvalue weighted by Gasteiger charge is 2.94. The molecular formula is C25H27F3N4O. The molecule has 1 saturated heterocycles. The van der Waals surface area contributed by atoms with Crippen LogP contribution in [0.1, 0.15) is 66.5 Å². The van der Waals surface area contributed by atoms with Crippen molar-refractivity contribution in [3.8, 4) is 0 Å². The zero-order valence-corrected chi connectivity index (χ0v) is 19.0. The van der Waals surface area contributed by atoms with E-state index in [1.54, 1.807) is 6.07 Å². The Bertz CT molecular complexity index is 1200. The fourth-order valence-electron chi connectivity index (χ4n) is 5.03. The third-order valence-electron chi connectivity index (χ3n) is 7.34. The van der Waals surface area contributed by atoms with Crippen LogP contribution in [-0.2, 0) is 10.2 Å². The van der Waals surface area contributed by atoms with E-state index < -0.39 is 17.0 Å². The summed E-state index contributed by atoms with van der Waals surface area (Å²) >= 11 is 0. The van der Waals surface area contributed by atoms with Crippen LogP contribution in [0.3, 0.4) is 0 Å². The third-order valence-corrected chi connectivity index (χ3v) is 7.34. The van der Waals surface area contributed by atoms with E-state index in [2.05, 4.69) is 32.1 Å². The van der Waals surface area contributed by atoms with Gasteiger partial charge in [0.2, 0.25) is 0 Å². The minimum absolute atomic E-state index is 0.143. The molecule has 1 aliphatic heterocycles. The SMILES string of the molecule is Cc1cc(C2CCCCO2)ccn1.Cc1nc2ccnc(C34CC3(C(F)(F)F)C4)c2nc1C. The van der Waals surface area contributed by atoms with Crippen molar-refractivity contribution in [2.75, 3.05) is 6.61 Å². The van der Waals surface area contributed by atoms with Crippen LogP contribution in [-0.4, -0.2) is 32.7 Å². The molecule has 2 saturated carbocycles. The van der Waals surface area contributed by atoms with Gasteiger partial charge in [-0.05, 0) is 76.6 Å². The Labute approximate surface area is 190 Å². The molecule has 3 aromatic rings. The summed E-state index contributed by atoms with van der Waals surface area (Å²) in [6.45, 7) is 6.58. The molecule has 2 aliphatic carbocycles. The van der Waals surface area contributed by atoms with Gasteiger partial charge in [-0.2, -0.15) is 13.2 Å². The van der Waals surface area contributed by atoms with Gasteiger partial charge in [0.05, 0.1) is 34.1 Å². The molecular weight excluding hydrogens is 429 g/mol. The van der Waals surface area contributed by atoms with Crippen LogP contribution in [0.25, 0.3) is 11.0 Å². The van der Waals surface area contributed by atoms with Crippen LogP contribution in [0.5, 0.6) is 0 Å². The maximum absolute atomic E-state index is 13.1. The Kier molecular flexibility index (Phi) is 5.19. The minimum Gasteiger partial charge on any atom is -0.374 e. The summed E-state index contributed by atoms with van der Waals surface area (Å²) in [5, 5.41) is 0. The second-order valence-electron chi connectivity index (χ2n) is 9.52. The lowest BCUT2D eigenvalue weighted by molar-refractivity contribution is -0.167. The van der Waals surface area contributed by atoms with Crippen molar-refractivity contribution >= 4 is 11.0 Å². The van der Waals surface area contributed by atoms with Crippen LogP contribution < -0.4 is 0 Å². The van der Waals surface area contributed by atoms with Crippen LogP contribution in [0.4, 0.5) is 13.2 Å². The van der Waals surface area contributed by atoms with E-state index in [4.69, 9.17) is 4.74 Å². The normalized spacial score (nSPS) is 28.0. The standard InChI is InChI=1S/C14H12F3N3.C11H15NO/c1-7-8(2)20-10-9(19-7)3-4-18-11(10)12-5-13(12,6-12)14(15,16)17;1-9-8-10(5-6-12-9)11-4-2-3-7-13-11/h3-4H,5-6H2,1-2H3;5-6,8,11H,2-4,7H2,1H3. The summed E-state index contributed by atoms with van der Waals surface area (Å²) in [5.74, 6) is 0. The van der Waals surface area contributed by atoms with E-state index in [1.807, 2.05) is 27.0 Å². The zero-order valence-electron chi connectivity index (χ0n) is 19.0. The molecule has 33 heavy (non-hydrogen) atoms. The number of fused-ring (bicyclic) bond motifs is 2. The molecule has 0 bridgehead atoms. The van der Waals surface area contributed by atoms with E-state index >= 15 is 0 Å². The molecule has 3 aromatic heterocycles. The van der Waals surface area contributed by atoms with Crippen molar-refractivity contribution in [3.05, 3.63) is 58.9 Å². The average Bonchev–Trinajstić information content (AvgIpc) is 3.63. The summed E-state index contributed by atoms with van der Waals surface area (Å²) in [7, 11) is 0. The molecule has 3 aliphatic rings. The summed E-state index contributed by atoms with van der Waals surface area (Å²) in [6, 6.07) is 5.88. The number of alkyl halides is 3. The van der Waals surface area contributed by atoms with Gasteiger partial charge < -0.3 is 4.74 Å². The second-order valence-corrected chi connectivity index (χ2v) is 9.52. The molecule has 1 unspecified atom stereocenters. The number of aromatic nitrogens is 4. The molecule has 3 fully saturated rings. The number of ether oxygens (including phenoxy) is 1. The van der Waals surface area contributed by atoms with E-state index in [1.165, 1.54) is 24.6 Å². The van der Waals surface area contributed by atoms with Gasteiger partial charge in [-0.1, -0.05) is 0 Å². The first-order valence-corrected chi connectivity index (χ1v) is 11.4. The maximum Gasteiger partial charge on any atom is 0.395 e. The van der Waals surface area contributed by atoms with Gasteiger partial charge in [0.1, 0.15) is 5.52 Å². The summed E-state index contributed by atoms with van der Waals surface area (Å²) < 4.78 is 44.9. The number of halogens is 3. The Morgan fingerprint density at radius 2 is 1.70 bits per heavy atom. The molecule has 6 rings (SSSR count). The smallest absolute Gasteiger partial charge is 0.374 e. The predicted octanol–water partition coefficient (Wildman–Crippen LogP) is 5.87. The molecule has 0 N–H and O–H groups in total. The number of hydrogen-bond acceptors (Lipinski definition) is 5. The lowest BCUT2D eigenvalue weighted by Gasteiger charge is -2.22. The van der Waals surface area contributed by atoms with Crippen molar-refractivity contribution in [2.24, 2.45) is 5.41 Å². The number of pyridine rings is 2. The highest BCUT2D eigenvalue weighted by molar-refractivity contribution is 5.80. The van der Waals surface area contributed by atoms with Crippen molar-refractivity contribution in [3.63, 3.8) is 0 Å². The van der Waals surface area contributed by atoms with Gasteiger partial charge in [-0.3, -0.25) is 9.97 Å². The molecule has 0 spiro atoms. The monoisotopic (exact) mass is 456 g/mol. The zero-order chi connectivity index (χ0) is 23.4. The molecule has 5 nitrogen and oxygen atoms in total. The van der Waals surface area contributed by atoms with Gasteiger partial charge in [0.25, 0.3) is 0 Å².